The average Bonchev–Trinajstić information content (AvgIpc) is 3.97. The zero-order valence-corrected chi connectivity index (χ0v) is 35.6. The van der Waals surface area contributed by atoms with Gasteiger partial charge < -0.3 is 49.8 Å². The predicted molar refractivity (Wildman–Crippen MR) is 240 cm³/mol. The lowest BCUT2D eigenvalue weighted by atomic mass is 9.75. The lowest BCUT2D eigenvalue weighted by molar-refractivity contribution is -0.122. The number of rotatable bonds is 20. The molecule has 0 aliphatic heterocycles. The lowest BCUT2D eigenvalue weighted by Crippen LogP contribution is -2.35. The smallest absolute Gasteiger partial charge is 0.231 e. The number of pyridine rings is 2. The molecule has 2 aromatic carbocycles. The Morgan fingerprint density at radius 1 is 0.594 bits per heavy atom. The van der Waals surface area contributed by atoms with Crippen LogP contribution in [0.15, 0.2) is 110 Å². The molecule has 0 aliphatic rings. The van der Waals surface area contributed by atoms with E-state index in [-0.39, 0.29) is 19.0 Å². The average molecular weight is 865 g/mol. The number of H-pyrrole nitrogens is 2. The third-order valence-corrected chi connectivity index (χ3v) is 11.3. The van der Waals surface area contributed by atoms with Gasteiger partial charge in [-0.15, -0.1) is 0 Å². The van der Waals surface area contributed by atoms with Crippen molar-refractivity contribution in [1.82, 2.24) is 39.9 Å². The van der Waals surface area contributed by atoms with Gasteiger partial charge in [0.2, 0.25) is 11.8 Å². The maximum atomic E-state index is 16.8. The molecule has 0 radical (unpaired) electrons. The number of para-hydroxylation sites is 2. The van der Waals surface area contributed by atoms with Gasteiger partial charge >= 0.3 is 0 Å². The summed E-state index contributed by atoms with van der Waals surface area (Å²) in [6.07, 6.45) is 17.2. The van der Waals surface area contributed by atoms with Gasteiger partial charge in [-0.05, 0) is 35.1 Å². The summed E-state index contributed by atoms with van der Waals surface area (Å²) in [6, 6.07) is 13.4. The summed E-state index contributed by atoms with van der Waals surface area (Å²) in [4.78, 5) is 51.4. The summed E-state index contributed by atoms with van der Waals surface area (Å²) in [5, 5.41) is 28.9. The Hall–Kier alpha value is -7.63. The molecule has 0 spiro atoms. The van der Waals surface area contributed by atoms with Crippen LogP contribution in [-0.2, 0) is 17.6 Å². The number of carbonyl (C=O) groups excluding carboxylic acids is 1. The first kappa shape index (κ1) is 43.0. The third kappa shape index (κ3) is 8.84. The number of anilines is 2. The zero-order chi connectivity index (χ0) is 44.6. The van der Waals surface area contributed by atoms with Crippen molar-refractivity contribution >= 4 is 39.0 Å². The van der Waals surface area contributed by atoms with Gasteiger partial charge in [0.1, 0.15) is 11.5 Å². The van der Waals surface area contributed by atoms with Crippen molar-refractivity contribution in [1.29, 1.82) is 0 Å². The van der Waals surface area contributed by atoms with Gasteiger partial charge in [0.05, 0.1) is 125 Å². The van der Waals surface area contributed by atoms with Crippen LogP contribution in [0.2, 0.25) is 0 Å². The second-order valence-electron chi connectivity index (χ2n) is 14.9. The molecule has 8 rings (SSSR count). The van der Waals surface area contributed by atoms with Gasteiger partial charge in [0.15, 0.2) is 5.78 Å². The molecule has 0 saturated heterocycles. The molecule has 4 atom stereocenters. The molecule has 6 N–H and O–H groups in total. The number of ketones is 1. The minimum absolute atomic E-state index is 0.0689. The molecule has 328 valence electrons. The van der Waals surface area contributed by atoms with E-state index in [0.29, 0.717) is 70.0 Å². The Morgan fingerprint density at radius 3 is 1.42 bits per heavy atom. The van der Waals surface area contributed by atoms with E-state index >= 15 is 4.79 Å². The highest BCUT2D eigenvalue weighted by Gasteiger charge is 2.44. The van der Waals surface area contributed by atoms with E-state index in [4.69, 9.17) is 28.9 Å². The van der Waals surface area contributed by atoms with Crippen LogP contribution >= 0.6 is 0 Å². The van der Waals surface area contributed by atoms with Crippen LogP contribution in [0.25, 0.3) is 21.8 Å². The first-order chi connectivity index (χ1) is 31.4. The van der Waals surface area contributed by atoms with Crippen molar-refractivity contribution in [2.24, 2.45) is 0 Å². The molecule has 64 heavy (non-hydrogen) atoms. The second kappa shape index (κ2) is 19.6. The van der Waals surface area contributed by atoms with E-state index in [0.717, 1.165) is 32.9 Å². The molecule has 17 nitrogen and oxygen atoms in total. The minimum atomic E-state index is -1.04. The first-order valence-corrected chi connectivity index (χ1v) is 20.5. The van der Waals surface area contributed by atoms with Crippen LogP contribution in [0.3, 0.4) is 0 Å². The van der Waals surface area contributed by atoms with Crippen molar-refractivity contribution < 1.29 is 34.0 Å². The highest BCUT2D eigenvalue weighted by Crippen LogP contribution is 2.47. The summed E-state index contributed by atoms with van der Waals surface area (Å²) in [7, 11) is 6.13. The molecule has 0 fully saturated rings. The lowest BCUT2D eigenvalue weighted by Gasteiger charge is -2.34. The Labute approximate surface area is 368 Å². The van der Waals surface area contributed by atoms with Gasteiger partial charge in [-0.25, -0.2) is 9.97 Å². The number of ether oxygens (including phenoxy) is 4. The number of fused-ring (bicyclic) bond motifs is 2. The molecule has 0 aliphatic carbocycles. The van der Waals surface area contributed by atoms with Gasteiger partial charge in [-0.3, -0.25) is 24.7 Å². The Morgan fingerprint density at radius 2 is 1.05 bits per heavy atom. The van der Waals surface area contributed by atoms with Crippen molar-refractivity contribution in [2.75, 3.05) is 52.3 Å². The molecule has 6 heterocycles. The maximum absolute atomic E-state index is 16.8. The highest BCUT2D eigenvalue weighted by molar-refractivity contribution is 6.01. The highest BCUT2D eigenvalue weighted by atomic mass is 16.5. The summed E-state index contributed by atoms with van der Waals surface area (Å²) < 4.78 is 22.0. The predicted octanol–water partition coefficient (Wildman–Crippen LogP) is 6.27. The molecule has 6 aromatic heterocycles. The number of methoxy groups -OCH3 is 4. The first-order valence-electron chi connectivity index (χ1n) is 20.5. The Bertz CT molecular complexity index is 2640. The van der Waals surface area contributed by atoms with Gasteiger partial charge in [-0.2, -0.15) is 0 Å². The monoisotopic (exact) mass is 864 g/mol. The summed E-state index contributed by atoms with van der Waals surface area (Å²) in [6.45, 7) is -0.138. The van der Waals surface area contributed by atoms with E-state index in [2.05, 4.69) is 40.5 Å². The minimum Gasteiger partial charge on any atom is -0.495 e. The third-order valence-electron chi connectivity index (χ3n) is 11.3. The topological polar surface area (TPSA) is 227 Å². The normalized spacial score (nSPS) is 13.2. The Kier molecular flexibility index (Phi) is 13.2. The van der Waals surface area contributed by atoms with Crippen molar-refractivity contribution in [3.63, 3.8) is 0 Å². The van der Waals surface area contributed by atoms with Gasteiger partial charge in [0, 0.05) is 59.5 Å². The maximum Gasteiger partial charge on any atom is 0.231 e. The standard InChI is InChI=1S/C47H48N10O7/c1-61-31-15-29(17-48-19-31)56-45(37-23-52-39(63-3)25-50-37)41(35-21-54-43-27(11-13-58)7-5-9-33(35)43)47(60)42(36-22-55-44-28(12-14-59)8-6-10-34(36)44)46(38-24-53-40(64-4)26-51-38)57-30-16-32(62-2)20-49-18-30/h5-10,15-26,41-42,45-46,54-59H,11-14H2,1-4H3. The van der Waals surface area contributed by atoms with Crippen LogP contribution in [0, 0.1) is 0 Å². The van der Waals surface area contributed by atoms with Crippen LogP contribution in [0.5, 0.6) is 23.3 Å². The fraction of sp³-hybridized carbons (Fsp3) is 0.255. The molecular weight excluding hydrogens is 817 g/mol. The number of benzene rings is 2. The van der Waals surface area contributed by atoms with Crippen molar-refractivity contribution in [3.8, 4) is 23.3 Å². The number of Topliss-reactive ketones (excluding diaryl/α,β-unsaturated/α-hetero) is 1. The second-order valence-corrected chi connectivity index (χ2v) is 14.9. The van der Waals surface area contributed by atoms with Crippen molar-refractivity contribution in [3.05, 3.63) is 144 Å². The van der Waals surface area contributed by atoms with E-state index in [1.807, 2.05) is 48.8 Å². The van der Waals surface area contributed by atoms with Gasteiger partial charge in [0.25, 0.3) is 0 Å². The largest absolute Gasteiger partial charge is 0.495 e. The number of aromatic nitrogens is 8. The Balaban J connectivity index is 1.43. The van der Waals surface area contributed by atoms with E-state index < -0.39 is 23.9 Å². The quantitative estimate of drug-likeness (QED) is 0.0497. The van der Waals surface area contributed by atoms with E-state index in [1.54, 1.807) is 63.5 Å². The molecule has 17 heteroatoms. The number of nitrogens with one attached hydrogen (secondary N) is 4. The van der Waals surface area contributed by atoms with Crippen LogP contribution in [0.1, 0.15) is 57.6 Å². The molecular formula is C47H48N10O7. The number of hydrogen-bond donors (Lipinski definition) is 6. The summed E-state index contributed by atoms with van der Waals surface area (Å²) in [5.41, 5.74) is 6.58. The zero-order valence-electron chi connectivity index (χ0n) is 35.6. The summed E-state index contributed by atoms with van der Waals surface area (Å²) >= 11 is 0. The van der Waals surface area contributed by atoms with Crippen LogP contribution < -0.4 is 29.6 Å². The summed E-state index contributed by atoms with van der Waals surface area (Å²) in [5.74, 6) is -0.755. The van der Waals surface area contributed by atoms with Crippen LogP contribution in [0.4, 0.5) is 11.4 Å². The van der Waals surface area contributed by atoms with E-state index in [1.165, 1.54) is 26.6 Å². The van der Waals surface area contributed by atoms with Gasteiger partial charge in [-0.1, -0.05) is 36.4 Å². The number of aromatic amines is 2. The fourth-order valence-corrected chi connectivity index (χ4v) is 8.26. The fourth-order valence-electron chi connectivity index (χ4n) is 8.26. The number of carbonyl (C=O) groups is 1. The molecule has 0 saturated carbocycles. The molecule has 8 aromatic rings. The van der Waals surface area contributed by atoms with Crippen LogP contribution in [-0.4, -0.2) is 97.5 Å². The number of nitrogens with zero attached hydrogens (tertiary/aromatic N) is 6. The van der Waals surface area contributed by atoms with Crippen molar-refractivity contribution in [2.45, 2.75) is 36.8 Å². The molecule has 4 unspecified atom stereocenters. The number of hydrogen-bond acceptors (Lipinski definition) is 15. The SMILES string of the molecule is COc1cncc(NC(c2cnc(OC)cn2)C(C(=O)C(c2c[nH]c3c(CCO)cccc23)C(Nc2cncc(OC)c2)c2cnc(OC)cn2)c2c[nH]c3c(CCO)cccc23)c1. The molecule has 0 bridgehead atoms. The molecule has 0 amide bonds. The number of aliphatic hydroxyl groups is 2. The number of aliphatic hydroxyl groups excluding tert-OH is 2. The van der Waals surface area contributed by atoms with E-state index in [9.17, 15) is 10.2 Å².